The maximum absolute atomic E-state index is 13.2. The zero-order chi connectivity index (χ0) is 22.8. The summed E-state index contributed by atoms with van der Waals surface area (Å²) in [6, 6.07) is 17.2. The lowest BCUT2D eigenvalue weighted by molar-refractivity contribution is -0.134. The fourth-order valence-corrected chi connectivity index (χ4v) is 4.42. The number of ether oxygens (including phenoxy) is 2. The summed E-state index contributed by atoms with van der Waals surface area (Å²) in [5.74, 6) is 1.45. The number of hydrogen-bond donors (Lipinski definition) is 0. The molecule has 3 aromatic rings. The first-order valence-electron chi connectivity index (χ1n) is 11.6. The summed E-state index contributed by atoms with van der Waals surface area (Å²) < 4.78 is 14.0. The third-order valence-corrected chi connectivity index (χ3v) is 6.53. The van der Waals surface area contributed by atoms with Crippen LogP contribution in [0.2, 0.25) is 5.02 Å². The quantitative estimate of drug-likeness (QED) is 0.438. The molecule has 6 nitrogen and oxygen atoms in total. The Balaban J connectivity index is 1.52. The first-order valence-corrected chi connectivity index (χ1v) is 11.9. The summed E-state index contributed by atoms with van der Waals surface area (Å²) in [7, 11) is 0. The van der Waals surface area contributed by atoms with Gasteiger partial charge in [-0.15, -0.1) is 0 Å². The Labute approximate surface area is 199 Å². The molecule has 33 heavy (non-hydrogen) atoms. The van der Waals surface area contributed by atoms with Crippen LogP contribution >= 0.6 is 11.6 Å². The number of carbonyl (C=O) groups is 1. The topological polar surface area (TPSA) is 56.6 Å². The number of aromatic nitrogens is 2. The zero-order valence-electron chi connectivity index (χ0n) is 18.7. The van der Waals surface area contributed by atoms with Crippen LogP contribution in [0.5, 0.6) is 11.6 Å². The molecule has 2 heterocycles. The lowest BCUT2D eigenvalue weighted by Crippen LogP contribution is -2.38. The largest absolute Gasteiger partial charge is 0.437 e. The lowest BCUT2D eigenvalue weighted by atomic mass is 10.1. The van der Waals surface area contributed by atoms with Crippen LogP contribution in [0.1, 0.15) is 36.9 Å². The molecule has 0 radical (unpaired) electrons. The molecule has 1 aliphatic carbocycles. The summed E-state index contributed by atoms with van der Waals surface area (Å²) in [5.41, 5.74) is 2.58. The molecule has 1 aromatic heterocycles. The Bertz CT molecular complexity index is 1120. The van der Waals surface area contributed by atoms with Crippen LogP contribution < -0.4 is 4.74 Å². The molecule has 1 aliphatic heterocycles. The third kappa shape index (κ3) is 4.92. The second-order valence-electron chi connectivity index (χ2n) is 8.78. The molecule has 0 N–H and O–H groups in total. The second-order valence-corrected chi connectivity index (χ2v) is 9.18. The van der Waals surface area contributed by atoms with Crippen molar-refractivity contribution in [2.45, 2.75) is 45.3 Å². The predicted molar refractivity (Wildman–Crippen MR) is 127 cm³/mol. The van der Waals surface area contributed by atoms with E-state index in [-0.39, 0.29) is 17.9 Å². The first kappa shape index (κ1) is 22.0. The van der Waals surface area contributed by atoms with Crippen molar-refractivity contribution < 1.29 is 14.3 Å². The highest BCUT2D eigenvalue weighted by Crippen LogP contribution is 2.37. The van der Waals surface area contributed by atoms with Crippen LogP contribution in [0.25, 0.3) is 5.69 Å². The summed E-state index contributed by atoms with van der Waals surface area (Å²) >= 11 is 6.42. The van der Waals surface area contributed by atoms with Crippen LogP contribution in [0.15, 0.2) is 54.6 Å². The van der Waals surface area contributed by atoms with Gasteiger partial charge >= 0.3 is 0 Å². The van der Waals surface area contributed by atoms with E-state index in [1.807, 2.05) is 60.4 Å². The van der Waals surface area contributed by atoms with Gasteiger partial charge in [-0.1, -0.05) is 41.9 Å². The van der Waals surface area contributed by atoms with Gasteiger partial charge in [0.15, 0.2) is 0 Å². The van der Waals surface area contributed by atoms with Crippen LogP contribution in [-0.4, -0.2) is 39.8 Å². The predicted octanol–water partition coefficient (Wildman–Crippen LogP) is 5.54. The average molecular weight is 466 g/mol. The SMILES string of the molecule is Cc1nn(-c2ccccc2)c(Oc2ccccc2Cl)c1CN(CC1CCCO1)C(=O)C1CC1. The molecule has 0 bridgehead atoms. The van der Waals surface area contributed by atoms with E-state index in [2.05, 4.69) is 0 Å². The van der Waals surface area contributed by atoms with Crippen molar-refractivity contribution in [1.82, 2.24) is 14.7 Å². The molecule has 0 spiro atoms. The molecule has 1 atom stereocenters. The summed E-state index contributed by atoms with van der Waals surface area (Å²) in [6.07, 6.45) is 4.05. The van der Waals surface area contributed by atoms with E-state index >= 15 is 0 Å². The van der Waals surface area contributed by atoms with E-state index in [9.17, 15) is 4.79 Å². The standard InChI is InChI=1S/C26H28ClN3O3/c1-18-22(17-29(25(31)19-13-14-19)16-21-10-7-15-32-21)26(33-24-12-6-5-11-23(24)27)30(28-18)20-8-3-2-4-9-20/h2-6,8-9,11-12,19,21H,7,10,13-17H2,1H3. The minimum absolute atomic E-state index is 0.0881. The Kier molecular flexibility index (Phi) is 6.38. The number of hydrogen-bond acceptors (Lipinski definition) is 4. The van der Waals surface area contributed by atoms with Gasteiger partial charge in [0.2, 0.25) is 11.8 Å². The average Bonchev–Trinajstić information content (AvgIpc) is 3.47. The Morgan fingerprint density at radius 1 is 1.15 bits per heavy atom. The van der Waals surface area contributed by atoms with Crippen molar-refractivity contribution >= 4 is 17.5 Å². The summed E-state index contributed by atoms with van der Waals surface area (Å²) in [6.45, 7) is 3.74. The van der Waals surface area contributed by atoms with Crippen molar-refractivity contribution in [3.05, 3.63) is 70.9 Å². The molecular formula is C26H28ClN3O3. The van der Waals surface area contributed by atoms with Crippen LogP contribution in [0.4, 0.5) is 0 Å². The van der Waals surface area contributed by atoms with Gasteiger partial charge in [0.1, 0.15) is 5.75 Å². The molecular weight excluding hydrogens is 438 g/mol. The van der Waals surface area contributed by atoms with Gasteiger partial charge in [-0.2, -0.15) is 5.10 Å². The van der Waals surface area contributed by atoms with E-state index in [0.717, 1.165) is 49.2 Å². The molecule has 2 aliphatic rings. The van der Waals surface area contributed by atoms with Crippen LogP contribution in [0, 0.1) is 12.8 Å². The molecule has 2 aromatic carbocycles. The molecule has 5 rings (SSSR count). The maximum atomic E-state index is 13.2. The monoisotopic (exact) mass is 465 g/mol. The smallest absolute Gasteiger partial charge is 0.227 e. The minimum Gasteiger partial charge on any atom is -0.437 e. The highest BCUT2D eigenvalue weighted by molar-refractivity contribution is 6.32. The number of carbonyl (C=O) groups excluding carboxylic acids is 1. The van der Waals surface area contributed by atoms with Crippen LogP contribution in [0.3, 0.4) is 0 Å². The highest BCUT2D eigenvalue weighted by Gasteiger charge is 2.36. The Morgan fingerprint density at radius 3 is 2.61 bits per heavy atom. The van der Waals surface area contributed by atoms with E-state index in [1.54, 1.807) is 10.7 Å². The number of nitrogens with zero attached hydrogens (tertiary/aromatic N) is 3. The fraction of sp³-hybridized carbons (Fsp3) is 0.385. The third-order valence-electron chi connectivity index (χ3n) is 6.22. The Morgan fingerprint density at radius 2 is 1.91 bits per heavy atom. The maximum Gasteiger partial charge on any atom is 0.227 e. The van der Waals surface area contributed by atoms with Gasteiger partial charge in [0.05, 0.1) is 34.6 Å². The van der Waals surface area contributed by atoms with Crippen molar-refractivity contribution in [2.75, 3.05) is 13.2 Å². The van der Waals surface area contributed by atoms with E-state index in [0.29, 0.717) is 29.7 Å². The number of benzene rings is 2. The fourth-order valence-electron chi connectivity index (χ4n) is 4.25. The molecule has 7 heteroatoms. The number of para-hydroxylation sites is 2. The van der Waals surface area contributed by atoms with Crippen molar-refractivity contribution in [1.29, 1.82) is 0 Å². The Hall–Kier alpha value is -2.83. The van der Waals surface area contributed by atoms with E-state index in [1.165, 1.54) is 0 Å². The van der Waals surface area contributed by atoms with Gasteiger partial charge in [-0.05, 0) is 56.9 Å². The number of rotatable bonds is 8. The van der Waals surface area contributed by atoms with Crippen molar-refractivity contribution in [2.24, 2.45) is 5.92 Å². The second kappa shape index (κ2) is 9.57. The highest BCUT2D eigenvalue weighted by atomic mass is 35.5. The summed E-state index contributed by atoms with van der Waals surface area (Å²) in [4.78, 5) is 15.1. The van der Waals surface area contributed by atoms with Gasteiger partial charge in [-0.3, -0.25) is 4.79 Å². The van der Waals surface area contributed by atoms with E-state index < -0.39 is 0 Å². The number of aryl methyl sites for hydroxylation is 1. The first-order chi connectivity index (χ1) is 16.1. The van der Waals surface area contributed by atoms with Crippen molar-refractivity contribution in [3.63, 3.8) is 0 Å². The van der Waals surface area contributed by atoms with Gasteiger partial charge < -0.3 is 14.4 Å². The zero-order valence-corrected chi connectivity index (χ0v) is 19.5. The molecule has 1 saturated heterocycles. The van der Waals surface area contributed by atoms with Gasteiger partial charge in [0.25, 0.3) is 0 Å². The normalized spacial score (nSPS) is 17.8. The molecule has 1 unspecified atom stereocenters. The molecule has 1 amide bonds. The molecule has 172 valence electrons. The van der Waals surface area contributed by atoms with E-state index in [4.69, 9.17) is 26.2 Å². The number of amides is 1. The van der Waals surface area contributed by atoms with Crippen LogP contribution in [-0.2, 0) is 16.1 Å². The minimum atomic E-state index is 0.0881. The lowest BCUT2D eigenvalue weighted by Gasteiger charge is -2.26. The molecule has 2 fully saturated rings. The van der Waals surface area contributed by atoms with Gasteiger partial charge in [0, 0.05) is 19.1 Å². The summed E-state index contributed by atoms with van der Waals surface area (Å²) in [5, 5.41) is 5.31. The number of halogens is 1. The molecule has 1 saturated carbocycles. The van der Waals surface area contributed by atoms with Gasteiger partial charge in [-0.25, -0.2) is 4.68 Å². The van der Waals surface area contributed by atoms with Crippen molar-refractivity contribution in [3.8, 4) is 17.3 Å².